The van der Waals surface area contributed by atoms with Crippen molar-refractivity contribution < 1.29 is 10.2 Å². The standard InChI is InChI=1S/C15H32N2O2/c1-11(2)15(19)8-13-7-14(16-5-6-18)10-17(9-13)12(3)4/h11-16,18-19H,5-10H2,1-4H3. The lowest BCUT2D eigenvalue weighted by Gasteiger charge is -2.41. The molecule has 3 unspecified atom stereocenters. The molecule has 19 heavy (non-hydrogen) atoms. The van der Waals surface area contributed by atoms with Crippen LogP contribution in [0.3, 0.4) is 0 Å². The van der Waals surface area contributed by atoms with Crippen LogP contribution in [0.5, 0.6) is 0 Å². The van der Waals surface area contributed by atoms with Crippen molar-refractivity contribution in [3.05, 3.63) is 0 Å². The third-order valence-corrected chi connectivity index (χ3v) is 4.18. The highest BCUT2D eigenvalue weighted by Crippen LogP contribution is 2.24. The van der Waals surface area contributed by atoms with Gasteiger partial charge >= 0.3 is 0 Å². The fraction of sp³-hybridized carbons (Fsp3) is 1.00. The fourth-order valence-electron chi connectivity index (χ4n) is 2.86. The number of piperidine rings is 1. The van der Waals surface area contributed by atoms with Crippen molar-refractivity contribution in [1.82, 2.24) is 10.2 Å². The van der Waals surface area contributed by atoms with Crippen LogP contribution in [0.1, 0.15) is 40.5 Å². The molecule has 3 atom stereocenters. The molecule has 0 saturated carbocycles. The zero-order valence-corrected chi connectivity index (χ0v) is 13.0. The molecule has 1 aliphatic rings. The topological polar surface area (TPSA) is 55.7 Å². The van der Waals surface area contributed by atoms with Gasteiger partial charge in [0.2, 0.25) is 0 Å². The quantitative estimate of drug-likeness (QED) is 0.649. The number of nitrogens with zero attached hydrogens (tertiary/aromatic N) is 1. The van der Waals surface area contributed by atoms with Gasteiger partial charge in [0.05, 0.1) is 12.7 Å². The summed E-state index contributed by atoms with van der Waals surface area (Å²) in [6, 6.07) is 0.977. The maximum Gasteiger partial charge on any atom is 0.0566 e. The van der Waals surface area contributed by atoms with E-state index in [1.807, 2.05) is 0 Å². The molecule has 0 aromatic carbocycles. The monoisotopic (exact) mass is 272 g/mol. The minimum atomic E-state index is -0.199. The van der Waals surface area contributed by atoms with E-state index < -0.39 is 0 Å². The molecule has 0 spiro atoms. The minimum absolute atomic E-state index is 0.192. The summed E-state index contributed by atoms with van der Waals surface area (Å²) in [5.41, 5.74) is 0. The second kappa shape index (κ2) is 8.20. The smallest absolute Gasteiger partial charge is 0.0566 e. The van der Waals surface area contributed by atoms with Crippen molar-refractivity contribution >= 4 is 0 Å². The van der Waals surface area contributed by atoms with E-state index >= 15 is 0 Å². The number of rotatable bonds is 7. The lowest BCUT2D eigenvalue weighted by Crippen LogP contribution is -2.52. The molecule has 0 aromatic heterocycles. The van der Waals surface area contributed by atoms with Crippen LogP contribution in [0.25, 0.3) is 0 Å². The summed E-state index contributed by atoms with van der Waals surface area (Å²) >= 11 is 0. The maximum atomic E-state index is 10.1. The molecular weight excluding hydrogens is 240 g/mol. The van der Waals surface area contributed by atoms with Gasteiger partial charge in [0.25, 0.3) is 0 Å². The van der Waals surface area contributed by atoms with Crippen molar-refractivity contribution in [2.75, 3.05) is 26.2 Å². The molecule has 1 rings (SSSR count). The number of likely N-dealkylation sites (tertiary alicyclic amines) is 1. The van der Waals surface area contributed by atoms with Crippen LogP contribution in [-0.2, 0) is 0 Å². The number of hydrogen-bond acceptors (Lipinski definition) is 4. The average molecular weight is 272 g/mol. The van der Waals surface area contributed by atoms with E-state index in [1.165, 1.54) is 0 Å². The van der Waals surface area contributed by atoms with Crippen LogP contribution in [-0.4, -0.2) is 59.5 Å². The molecule has 1 heterocycles. The van der Waals surface area contributed by atoms with Crippen molar-refractivity contribution in [3.63, 3.8) is 0 Å². The molecule has 4 nitrogen and oxygen atoms in total. The summed E-state index contributed by atoms with van der Waals surface area (Å²) in [5, 5.41) is 22.4. The van der Waals surface area contributed by atoms with E-state index in [0.717, 1.165) is 25.9 Å². The first-order chi connectivity index (χ1) is 8.93. The largest absolute Gasteiger partial charge is 0.395 e. The third kappa shape index (κ3) is 5.78. The molecular formula is C15H32N2O2. The minimum Gasteiger partial charge on any atom is -0.395 e. The highest BCUT2D eigenvalue weighted by atomic mass is 16.3. The second-order valence-electron chi connectivity index (χ2n) is 6.57. The lowest BCUT2D eigenvalue weighted by atomic mass is 9.86. The normalized spacial score (nSPS) is 27.2. The molecule has 1 aliphatic heterocycles. The summed E-state index contributed by atoms with van der Waals surface area (Å²) in [5.74, 6) is 0.878. The van der Waals surface area contributed by atoms with E-state index in [1.54, 1.807) is 0 Å². The van der Waals surface area contributed by atoms with Crippen LogP contribution in [0.4, 0.5) is 0 Å². The van der Waals surface area contributed by atoms with Gasteiger partial charge in [-0.2, -0.15) is 0 Å². The molecule has 3 N–H and O–H groups in total. The van der Waals surface area contributed by atoms with Crippen molar-refractivity contribution in [1.29, 1.82) is 0 Å². The first kappa shape index (κ1) is 16.9. The summed E-state index contributed by atoms with van der Waals surface area (Å²) in [6.45, 7) is 11.6. The molecule has 1 fully saturated rings. The van der Waals surface area contributed by atoms with Gasteiger partial charge < -0.3 is 15.5 Å². The van der Waals surface area contributed by atoms with Gasteiger partial charge in [-0.1, -0.05) is 13.8 Å². The Kier molecular flexibility index (Phi) is 7.29. The first-order valence-electron chi connectivity index (χ1n) is 7.70. The van der Waals surface area contributed by atoms with E-state index in [2.05, 4.69) is 37.9 Å². The van der Waals surface area contributed by atoms with E-state index in [4.69, 9.17) is 5.11 Å². The Morgan fingerprint density at radius 3 is 2.42 bits per heavy atom. The molecule has 4 heteroatoms. The van der Waals surface area contributed by atoms with Gasteiger partial charge in [-0.05, 0) is 38.5 Å². The Labute approximate surface area is 118 Å². The summed E-state index contributed by atoms with van der Waals surface area (Å²) in [7, 11) is 0. The second-order valence-corrected chi connectivity index (χ2v) is 6.57. The molecule has 0 aliphatic carbocycles. The zero-order valence-electron chi connectivity index (χ0n) is 13.0. The van der Waals surface area contributed by atoms with Gasteiger partial charge in [-0.3, -0.25) is 4.90 Å². The fourth-order valence-corrected chi connectivity index (χ4v) is 2.86. The Hall–Kier alpha value is -0.160. The van der Waals surface area contributed by atoms with Crippen molar-refractivity contribution in [3.8, 4) is 0 Å². The summed E-state index contributed by atoms with van der Waals surface area (Å²) in [6.07, 6.45) is 1.79. The Morgan fingerprint density at radius 2 is 1.89 bits per heavy atom. The molecule has 0 aromatic rings. The maximum absolute atomic E-state index is 10.1. The van der Waals surface area contributed by atoms with E-state index in [0.29, 0.717) is 30.5 Å². The van der Waals surface area contributed by atoms with Gasteiger partial charge in [0.15, 0.2) is 0 Å². The average Bonchev–Trinajstić information content (AvgIpc) is 2.35. The molecule has 1 saturated heterocycles. The van der Waals surface area contributed by atoms with Gasteiger partial charge in [-0.15, -0.1) is 0 Å². The van der Waals surface area contributed by atoms with Gasteiger partial charge in [0, 0.05) is 31.7 Å². The molecule has 0 radical (unpaired) electrons. The predicted molar refractivity (Wildman–Crippen MR) is 79.2 cm³/mol. The SMILES string of the molecule is CC(C)C(O)CC1CC(NCCO)CN(C(C)C)C1. The lowest BCUT2D eigenvalue weighted by molar-refractivity contribution is 0.0512. The van der Waals surface area contributed by atoms with E-state index in [-0.39, 0.29) is 12.7 Å². The molecule has 114 valence electrons. The summed E-state index contributed by atoms with van der Waals surface area (Å²) < 4.78 is 0. The van der Waals surface area contributed by atoms with Crippen molar-refractivity contribution in [2.45, 2.75) is 58.7 Å². The Balaban J connectivity index is 2.54. The highest BCUT2D eigenvalue weighted by Gasteiger charge is 2.29. The summed E-state index contributed by atoms with van der Waals surface area (Å²) in [4.78, 5) is 2.48. The van der Waals surface area contributed by atoms with Gasteiger partial charge in [-0.25, -0.2) is 0 Å². The molecule has 0 bridgehead atoms. The highest BCUT2D eigenvalue weighted by molar-refractivity contribution is 4.86. The number of hydrogen-bond donors (Lipinski definition) is 3. The number of nitrogens with one attached hydrogen (secondary N) is 1. The Bertz CT molecular complexity index is 244. The predicted octanol–water partition coefficient (Wildman–Crippen LogP) is 1.07. The van der Waals surface area contributed by atoms with Crippen LogP contribution in [0, 0.1) is 11.8 Å². The first-order valence-corrected chi connectivity index (χ1v) is 7.70. The Morgan fingerprint density at radius 1 is 1.21 bits per heavy atom. The van der Waals surface area contributed by atoms with Crippen LogP contribution < -0.4 is 5.32 Å². The third-order valence-electron chi connectivity index (χ3n) is 4.18. The van der Waals surface area contributed by atoms with Crippen molar-refractivity contribution in [2.24, 2.45) is 11.8 Å². The van der Waals surface area contributed by atoms with Crippen LogP contribution in [0.15, 0.2) is 0 Å². The molecule has 0 amide bonds. The number of aliphatic hydroxyl groups is 2. The van der Waals surface area contributed by atoms with Crippen LogP contribution >= 0.6 is 0 Å². The van der Waals surface area contributed by atoms with Gasteiger partial charge in [0.1, 0.15) is 0 Å². The van der Waals surface area contributed by atoms with E-state index in [9.17, 15) is 5.11 Å². The number of aliphatic hydroxyl groups excluding tert-OH is 2. The zero-order chi connectivity index (χ0) is 14.4. The van der Waals surface area contributed by atoms with Crippen LogP contribution in [0.2, 0.25) is 0 Å².